The van der Waals surface area contributed by atoms with Crippen LogP contribution in [0.2, 0.25) is 0 Å². The summed E-state index contributed by atoms with van der Waals surface area (Å²) in [7, 11) is 0. The summed E-state index contributed by atoms with van der Waals surface area (Å²) in [5.74, 6) is 7.34. The second-order valence-corrected chi connectivity index (χ2v) is 10.7. The van der Waals surface area contributed by atoms with E-state index in [0.717, 1.165) is 33.0 Å². The molecule has 4 heterocycles. The average molecular weight is 540 g/mol. The van der Waals surface area contributed by atoms with Crippen LogP contribution in [0, 0.1) is 11.8 Å². The molecule has 2 N–H and O–H groups in total. The number of benzene rings is 2. The second-order valence-electron chi connectivity index (χ2n) is 9.60. The Morgan fingerprint density at radius 2 is 1.90 bits per heavy atom. The van der Waals surface area contributed by atoms with Crippen LogP contribution in [-0.4, -0.2) is 66.0 Å². The van der Waals surface area contributed by atoms with Crippen LogP contribution in [0.5, 0.6) is 0 Å². The first-order valence-electron chi connectivity index (χ1n) is 13.1. The highest BCUT2D eigenvalue weighted by Crippen LogP contribution is 2.30. The molecular weight excluding hydrogens is 510 g/mol. The molecule has 0 unspecified atom stereocenters. The SMILES string of the molecule is O=C(O[C@H]1CN[C@H](C#Cc2cc3ncnc(Nc4ccc(Cc5ccccc5)cc4)c3s2)C1)N1CCOCC1. The number of hydrogen-bond acceptors (Lipinski definition) is 8. The molecule has 0 aliphatic carbocycles. The van der Waals surface area contributed by atoms with Crippen LogP contribution in [0.4, 0.5) is 16.3 Å². The van der Waals surface area contributed by atoms with Crippen molar-refractivity contribution in [1.82, 2.24) is 20.2 Å². The van der Waals surface area contributed by atoms with E-state index in [4.69, 9.17) is 9.47 Å². The molecule has 2 saturated heterocycles. The Kier molecular flexibility index (Phi) is 7.68. The highest BCUT2D eigenvalue weighted by molar-refractivity contribution is 7.20. The highest BCUT2D eigenvalue weighted by atomic mass is 32.1. The Balaban J connectivity index is 1.08. The number of hydrogen-bond donors (Lipinski definition) is 2. The first-order valence-corrected chi connectivity index (χ1v) is 13.9. The Hall–Kier alpha value is -3.97. The fraction of sp³-hybridized carbons (Fsp3) is 0.300. The maximum atomic E-state index is 12.4. The Morgan fingerprint density at radius 3 is 2.72 bits per heavy atom. The van der Waals surface area contributed by atoms with E-state index in [1.807, 2.05) is 12.1 Å². The van der Waals surface area contributed by atoms with Crippen molar-refractivity contribution >= 4 is 39.2 Å². The van der Waals surface area contributed by atoms with Gasteiger partial charge >= 0.3 is 6.09 Å². The molecule has 8 nitrogen and oxygen atoms in total. The summed E-state index contributed by atoms with van der Waals surface area (Å²) >= 11 is 1.57. The Bertz CT molecular complexity index is 1490. The quantitative estimate of drug-likeness (QED) is 0.359. The van der Waals surface area contributed by atoms with Gasteiger partial charge in [-0.05, 0) is 35.7 Å². The first-order chi connectivity index (χ1) is 19.2. The molecule has 1 amide bonds. The first kappa shape index (κ1) is 25.3. The van der Waals surface area contributed by atoms with Crippen molar-refractivity contribution in [3.63, 3.8) is 0 Å². The lowest BCUT2D eigenvalue weighted by molar-refractivity contribution is 0.0156. The summed E-state index contributed by atoms with van der Waals surface area (Å²) in [6.07, 6.45) is 2.69. The van der Waals surface area contributed by atoms with Crippen molar-refractivity contribution < 1.29 is 14.3 Å². The normalized spacial score (nSPS) is 18.9. The van der Waals surface area contributed by atoms with Gasteiger partial charge in [0.2, 0.25) is 0 Å². The molecule has 4 aromatic rings. The molecule has 0 radical (unpaired) electrons. The third-order valence-electron chi connectivity index (χ3n) is 6.78. The minimum absolute atomic E-state index is 0.0317. The molecule has 9 heteroatoms. The summed E-state index contributed by atoms with van der Waals surface area (Å²) < 4.78 is 11.9. The van der Waals surface area contributed by atoms with Gasteiger partial charge in [-0.1, -0.05) is 54.3 Å². The molecule has 198 valence electrons. The zero-order valence-corrected chi connectivity index (χ0v) is 22.2. The van der Waals surface area contributed by atoms with Gasteiger partial charge in [0, 0.05) is 31.7 Å². The van der Waals surface area contributed by atoms with Crippen molar-refractivity contribution in [1.29, 1.82) is 0 Å². The Morgan fingerprint density at radius 1 is 1.10 bits per heavy atom. The highest BCUT2D eigenvalue weighted by Gasteiger charge is 2.28. The van der Waals surface area contributed by atoms with E-state index in [2.05, 4.69) is 81.0 Å². The number of aromatic nitrogens is 2. The number of anilines is 2. The molecule has 6 rings (SSSR count). The van der Waals surface area contributed by atoms with Crippen molar-refractivity contribution in [2.24, 2.45) is 0 Å². The summed E-state index contributed by atoms with van der Waals surface area (Å²) in [5, 5.41) is 6.79. The monoisotopic (exact) mass is 539 g/mol. The van der Waals surface area contributed by atoms with E-state index in [9.17, 15) is 4.79 Å². The molecule has 0 saturated carbocycles. The summed E-state index contributed by atoms with van der Waals surface area (Å²) in [6.45, 7) is 2.88. The fourth-order valence-corrected chi connectivity index (χ4v) is 5.62. The van der Waals surface area contributed by atoms with Gasteiger partial charge in [-0.25, -0.2) is 14.8 Å². The maximum absolute atomic E-state index is 12.4. The zero-order valence-electron chi connectivity index (χ0n) is 21.4. The van der Waals surface area contributed by atoms with Gasteiger partial charge in [0.1, 0.15) is 12.4 Å². The molecular formula is C30H29N5O3S. The minimum Gasteiger partial charge on any atom is -0.445 e. The minimum atomic E-state index is -0.271. The molecule has 2 aliphatic heterocycles. The maximum Gasteiger partial charge on any atom is 0.410 e. The standard InChI is InChI=1S/C30H29N5O3S/c36-30(35-12-14-37-15-13-35)38-25-17-24(31-19-25)10-11-26-18-27-28(39-26)29(33-20-32-27)34-23-8-6-22(7-9-23)16-21-4-2-1-3-5-21/h1-9,18,20,24-25,31H,12-17,19H2,(H,32,33,34)/t24-,25-/m1/s1. The summed E-state index contributed by atoms with van der Waals surface area (Å²) in [4.78, 5) is 23.9. The zero-order chi connectivity index (χ0) is 26.4. The predicted molar refractivity (Wildman–Crippen MR) is 152 cm³/mol. The number of morpholine rings is 1. The lowest BCUT2D eigenvalue weighted by atomic mass is 10.0. The number of ether oxygens (including phenoxy) is 2. The third kappa shape index (κ3) is 6.37. The summed E-state index contributed by atoms with van der Waals surface area (Å²) in [6, 6.07) is 20.8. The molecule has 2 aromatic carbocycles. The molecule has 0 bridgehead atoms. The van der Waals surface area contributed by atoms with E-state index in [1.165, 1.54) is 11.1 Å². The smallest absolute Gasteiger partial charge is 0.410 e. The molecule has 2 atom stereocenters. The molecule has 2 aliphatic rings. The Labute approximate surface area is 231 Å². The van der Waals surface area contributed by atoms with E-state index >= 15 is 0 Å². The van der Waals surface area contributed by atoms with E-state index in [1.54, 1.807) is 22.6 Å². The lowest BCUT2D eigenvalue weighted by Gasteiger charge is -2.27. The molecule has 39 heavy (non-hydrogen) atoms. The van der Waals surface area contributed by atoms with Gasteiger partial charge in [-0.3, -0.25) is 5.32 Å². The number of carbonyl (C=O) groups is 1. The summed E-state index contributed by atoms with van der Waals surface area (Å²) in [5.41, 5.74) is 4.38. The largest absolute Gasteiger partial charge is 0.445 e. The van der Waals surface area contributed by atoms with Gasteiger partial charge in [0.05, 0.1) is 34.3 Å². The van der Waals surface area contributed by atoms with Gasteiger partial charge in [0.15, 0.2) is 5.82 Å². The van der Waals surface area contributed by atoms with Gasteiger partial charge in [-0.15, -0.1) is 11.3 Å². The fourth-order valence-electron chi connectivity index (χ4n) is 4.70. The molecule has 2 fully saturated rings. The topological polar surface area (TPSA) is 88.6 Å². The number of nitrogens with one attached hydrogen (secondary N) is 2. The van der Waals surface area contributed by atoms with Crippen LogP contribution in [0.15, 0.2) is 67.0 Å². The van der Waals surface area contributed by atoms with Crippen LogP contribution in [-0.2, 0) is 15.9 Å². The number of thiophene rings is 1. The van der Waals surface area contributed by atoms with E-state index < -0.39 is 0 Å². The second kappa shape index (κ2) is 11.8. The van der Waals surface area contributed by atoms with Crippen molar-refractivity contribution in [2.45, 2.75) is 25.0 Å². The molecule has 2 aromatic heterocycles. The predicted octanol–water partition coefficient (Wildman–Crippen LogP) is 4.58. The van der Waals surface area contributed by atoms with Crippen LogP contribution in [0.25, 0.3) is 10.2 Å². The van der Waals surface area contributed by atoms with Crippen molar-refractivity contribution in [2.75, 3.05) is 38.2 Å². The average Bonchev–Trinajstić information content (AvgIpc) is 3.61. The lowest BCUT2D eigenvalue weighted by Crippen LogP contribution is -2.42. The number of fused-ring (bicyclic) bond motifs is 1. The van der Waals surface area contributed by atoms with Gasteiger partial charge < -0.3 is 19.7 Å². The van der Waals surface area contributed by atoms with E-state index in [0.29, 0.717) is 39.3 Å². The number of nitrogens with zero attached hydrogens (tertiary/aromatic N) is 3. The van der Waals surface area contributed by atoms with Crippen LogP contribution in [0.1, 0.15) is 22.4 Å². The van der Waals surface area contributed by atoms with Gasteiger partial charge in [-0.2, -0.15) is 0 Å². The molecule has 0 spiro atoms. The number of amides is 1. The van der Waals surface area contributed by atoms with Crippen LogP contribution in [0.3, 0.4) is 0 Å². The van der Waals surface area contributed by atoms with Gasteiger partial charge in [0.25, 0.3) is 0 Å². The number of rotatable bonds is 5. The van der Waals surface area contributed by atoms with Crippen LogP contribution < -0.4 is 10.6 Å². The third-order valence-corrected chi connectivity index (χ3v) is 7.82. The van der Waals surface area contributed by atoms with Crippen molar-refractivity contribution in [3.8, 4) is 11.8 Å². The van der Waals surface area contributed by atoms with Crippen LogP contribution >= 0.6 is 11.3 Å². The van der Waals surface area contributed by atoms with Crippen molar-refractivity contribution in [3.05, 3.63) is 83.0 Å². The number of carbonyl (C=O) groups excluding carboxylic acids is 1. The van der Waals surface area contributed by atoms with E-state index in [-0.39, 0.29) is 18.2 Å².